The summed E-state index contributed by atoms with van der Waals surface area (Å²) in [6, 6.07) is 27.8. The number of hydrogen-bond donors (Lipinski definition) is 2. The molecule has 0 saturated heterocycles. The highest BCUT2D eigenvalue weighted by atomic mass is 35.5. The minimum Gasteiger partial charge on any atom is -0.489 e. The predicted octanol–water partition coefficient (Wildman–Crippen LogP) is 7.16. The van der Waals surface area contributed by atoms with Crippen LogP contribution in [0.25, 0.3) is 22.6 Å². The SMILES string of the molecule is Cc1ccc(-c2nc3cc(Cl)ccc3o2)cc1NC(=S)NC(=O)c1ccc(OCc2ccccc2)cc1. The van der Waals surface area contributed by atoms with E-state index in [1.54, 1.807) is 42.5 Å². The average molecular weight is 528 g/mol. The second kappa shape index (κ2) is 10.8. The highest BCUT2D eigenvalue weighted by molar-refractivity contribution is 7.80. The lowest BCUT2D eigenvalue weighted by molar-refractivity contribution is 0.0977. The lowest BCUT2D eigenvalue weighted by Crippen LogP contribution is -2.34. The fraction of sp³-hybridized carbons (Fsp3) is 0.0690. The lowest BCUT2D eigenvalue weighted by atomic mass is 10.1. The van der Waals surface area contributed by atoms with Crippen LogP contribution in [-0.2, 0) is 6.61 Å². The molecule has 0 fully saturated rings. The lowest BCUT2D eigenvalue weighted by Gasteiger charge is -2.13. The third kappa shape index (κ3) is 5.97. The summed E-state index contributed by atoms with van der Waals surface area (Å²) in [4.78, 5) is 17.2. The Labute approximate surface area is 224 Å². The van der Waals surface area contributed by atoms with Crippen LogP contribution in [0, 0.1) is 6.92 Å². The van der Waals surface area contributed by atoms with E-state index in [4.69, 9.17) is 33.0 Å². The monoisotopic (exact) mass is 527 g/mol. The Hall–Kier alpha value is -4.20. The Morgan fingerprint density at radius 1 is 1.00 bits per heavy atom. The summed E-state index contributed by atoms with van der Waals surface area (Å²) < 4.78 is 11.7. The van der Waals surface area contributed by atoms with E-state index >= 15 is 0 Å². The van der Waals surface area contributed by atoms with Gasteiger partial charge in [0.2, 0.25) is 5.89 Å². The molecular formula is C29H22ClN3O3S. The molecule has 0 aliphatic rings. The zero-order chi connectivity index (χ0) is 25.8. The molecule has 8 heteroatoms. The van der Waals surface area contributed by atoms with Crippen molar-refractivity contribution in [2.75, 3.05) is 5.32 Å². The second-order valence-corrected chi connectivity index (χ2v) is 9.21. The van der Waals surface area contributed by atoms with Crippen molar-refractivity contribution in [1.29, 1.82) is 0 Å². The summed E-state index contributed by atoms with van der Waals surface area (Å²) in [6.45, 7) is 2.40. The van der Waals surface area contributed by atoms with E-state index in [0.717, 1.165) is 22.4 Å². The fourth-order valence-corrected chi connectivity index (χ4v) is 4.06. The summed E-state index contributed by atoms with van der Waals surface area (Å²) in [5.74, 6) is 0.816. The molecule has 1 heterocycles. The van der Waals surface area contributed by atoms with Gasteiger partial charge in [-0.15, -0.1) is 0 Å². The predicted molar refractivity (Wildman–Crippen MR) is 150 cm³/mol. The van der Waals surface area contributed by atoms with Gasteiger partial charge in [-0.2, -0.15) is 0 Å². The number of hydrogen-bond acceptors (Lipinski definition) is 5. The first-order valence-corrected chi connectivity index (χ1v) is 12.3. The molecular weight excluding hydrogens is 506 g/mol. The first-order chi connectivity index (χ1) is 17.9. The van der Waals surface area contributed by atoms with Gasteiger partial charge >= 0.3 is 0 Å². The third-order valence-corrected chi connectivity index (χ3v) is 6.11. The highest BCUT2D eigenvalue weighted by Gasteiger charge is 2.13. The van der Waals surface area contributed by atoms with E-state index in [2.05, 4.69) is 15.6 Å². The van der Waals surface area contributed by atoms with Crippen LogP contribution in [0.5, 0.6) is 5.75 Å². The molecule has 4 aromatic carbocycles. The zero-order valence-electron chi connectivity index (χ0n) is 19.8. The molecule has 0 bridgehead atoms. The van der Waals surface area contributed by atoms with Crippen molar-refractivity contribution in [3.8, 4) is 17.2 Å². The van der Waals surface area contributed by atoms with Gasteiger partial charge in [0.15, 0.2) is 10.7 Å². The number of oxazole rings is 1. The van der Waals surface area contributed by atoms with Crippen molar-refractivity contribution < 1.29 is 13.9 Å². The van der Waals surface area contributed by atoms with Crippen LogP contribution in [0.4, 0.5) is 5.69 Å². The van der Waals surface area contributed by atoms with Crippen molar-refractivity contribution >= 4 is 51.6 Å². The van der Waals surface area contributed by atoms with Gasteiger partial charge in [0.25, 0.3) is 5.91 Å². The molecule has 0 spiro atoms. The molecule has 2 N–H and O–H groups in total. The molecule has 0 atom stereocenters. The van der Waals surface area contributed by atoms with Crippen LogP contribution in [0.3, 0.4) is 0 Å². The molecule has 0 saturated carbocycles. The number of thiocarbonyl (C=S) groups is 1. The molecule has 5 rings (SSSR count). The maximum atomic E-state index is 12.7. The van der Waals surface area contributed by atoms with Crippen LogP contribution in [-0.4, -0.2) is 16.0 Å². The number of nitrogens with zero attached hydrogens (tertiary/aromatic N) is 1. The number of ether oxygens (including phenoxy) is 1. The number of halogens is 1. The number of nitrogens with one attached hydrogen (secondary N) is 2. The molecule has 0 radical (unpaired) electrons. The Morgan fingerprint density at radius 2 is 1.78 bits per heavy atom. The molecule has 37 heavy (non-hydrogen) atoms. The Kier molecular flexibility index (Phi) is 7.16. The van der Waals surface area contributed by atoms with Crippen LogP contribution in [0.1, 0.15) is 21.5 Å². The number of amides is 1. The largest absolute Gasteiger partial charge is 0.489 e. The molecule has 0 aliphatic carbocycles. The van der Waals surface area contributed by atoms with Gasteiger partial charge in [0, 0.05) is 21.8 Å². The van der Waals surface area contributed by atoms with Crippen molar-refractivity contribution in [2.45, 2.75) is 13.5 Å². The normalized spacial score (nSPS) is 10.8. The number of rotatable bonds is 6. The van der Waals surface area contributed by atoms with E-state index in [1.165, 1.54) is 0 Å². The van der Waals surface area contributed by atoms with Crippen molar-refractivity contribution in [3.05, 3.63) is 113 Å². The van der Waals surface area contributed by atoms with Crippen molar-refractivity contribution in [1.82, 2.24) is 10.3 Å². The first kappa shape index (κ1) is 24.5. The second-order valence-electron chi connectivity index (χ2n) is 8.37. The topological polar surface area (TPSA) is 76.4 Å². The molecule has 5 aromatic rings. The number of aromatic nitrogens is 1. The van der Waals surface area contributed by atoms with E-state index in [0.29, 0.717) is 39.9 Å². The molecule has 6 nitrogen and oxygen atoms in total. The van der Waals surface area contributed by atoms with Crippen molar-refractivity contribution in [2.24, 2.45) is 0 Å². The Morgan fingerprint density at radius 3 is 2.57 bits per heavy atom. The highest BCUT2D eigenvalue weighted by Crippen LogP contribution is 2.29. The number of aryl methyl sites for hydroxylation is 1. The standard InChI is InChI=1S/C29H22ClN3O3S/c1-18-7-8-21(28-31-25-16-22(30)11-14-26(25)36-28)15-24(18)32-29(37)33-27(34)20-9-12-23(13-10-20)35-17-19-5-3-2-4-6-19/h2-16H,17H2,1H3,(H2,32,33,34,37). The number of anilines is 1. The van der Waals surface area contributed by atoms with E-state index in [-0.39, 0.29) is 11.0 Å². The maximum Gasteiger partial charge on any atom is 0.257 e. The summed E-state index contributed by atoms with van der Waals surface area (Å²) in [5.41, 5.74) is 5.30. The van der Waals surface area contributed by atoms with Gasteiger partial charge in [-0.1, -0.05) is 48.0 Å². The number of benzene rings is 4. The maximum absolute atomic E-state index is 12.7. The number of carbonyl (C=O) groups excluding carboxylic acids is 1. The van der Waals surface area contributed by atoms with Crippen molar-refractivity contribution in [3.63, 3.8) is 0 Å². The fourth-order valence-electron chi connectivity index (χ4n) is 3.69. The van der Waals surface area contributed by atoms with Crippen LogP contribution in [0.15, 0.2) is 95.4 Å². The molecule has 0 aliphatic heterocycles. The van der Waals surface area contributed by atoms with Crippen LogP contribution < -0.4 is 15.4 Å². The smallest absolute Gasteiger partial charge is 0.257 e. The quantitative estimate of drug-likeness (QED) is 0.228. The molecule has 184 valence electrons. The molecule has 1 aromatic heterocycles. The summed E-state index contributed by atoms with van der Waals surface area (Å²) in [5, 5.41) is 6.59. The van der Waals surface area contributed by atoms with E-state index in [1.807, 2.05) is 55.5 Å². The average Bonchev–Trinajstić information content (AvgIpc) is 3.33. The summed E-state index contributed by atoms with van der Waals surface area (Å²) in [7, 11) is 0. The van der Waals surface area contributed by atoms with Crippen LogP contribution in [0.2, 0.25) is 5.02 Å². The van der Waals surface area contributed by atoms with Crippen LogP contribution >= 0.6 is 23.8 Å². The van der Waals surface area contributed by atoms with Gasteiger partial charge in [-0.05, 0) is 84.9 Å². The minimum atomic E-state index is -0.322. The zero-order valence-corrected chi connectivity index (χ0v) is 21.4. The number of carbonyl (C=O) groups is 1. The summed E-state index contributed by atoms with van der Waals surface area (Å²) in [6.07, 6.45) is 0. The Bertz CT molecular complexity index is 1580. The first-order valence-electron chi connectivity index (χ1n) is 11.5. The Balaban J connectivity index is 1.22. The van der Waals surface area contributed by atoms with E-state index in [9.17, 15) is 4.79 Å². The van der Waals surface area contributed by atoms with Gasteiger partial charge in [0.1, 0.15) is 17.9 Å². The molecule has 1 amide bonds. The van der Waals surface area contributed by atoms with Gasteiger partial charge in [-0.3, -0.25) is 10.1 Å². The van der Waals surface area contributed by atoms with Gasteiger partial charge in [0.05, 0.1) is 0 Å². The minimum absolute atomic E-state index is 0.180. The van der Waals surface area contributed by atoms with E-state index < -0.39 is 0 Å². The number of fused-ring (bicyclic) bond motifs is 1. The van der Waals surface area contributed by atoms with Gasteiger partial charge in [-0.25, -0.2) is 4.98 Å². The van der Waals surface area contributed by atoms with Gasteiger partial charge < -0.3 is 14.5 Å². The summed E-state index contributed by atoms with van der Waals surface area (Å²) >= 11 is 11.5. The third-order valence-electron chi connectivity index (χ3n) is 5.67. The molecule has 0 unspecified atom stereocenters.